The van der Waals surface area contributed by atoms with Gasteiger partial charge in [0.15, 0.2) is 0 Å². The van der Waals surface area contributed by atoms with Crippen LogP contribution in [0.3, 0.4) is 0 Å². The number of methoxy groups -OCH3 is 1. The van der Waals surface area contributed by atoms with Crippen molar-refractivity contribution in [3.05, 3.63) is 23.8 Å². The van der Waals surface area contributed by atoms with Gasteiger partial charge in [0.1, 0.15) is 18.4 Å². The minimum atomic E-state index is -4.47. The first-order valence-electron chi connectivity index (χ1n) is 6.81. The number of alkyl halides is 3. The SMILES string of the molecule is CCN(C[C@H]1COC(N)=N1)c1ccc(OC)c(C(F)(F)F)c1. The molecule has 0 spiro atoms. The number of anilines is 1. The Hall–Kier alpha value is -2.12. The Morgan fingerprint density at radius 2 is 2.18 bits per heavy atom. The molecule has 1 aromatic rings. The van der Waals surface area contributed by atoms with Crippen molar-refractivity contribution in [3.63, 3.8) is 0 Å². The topological polar surface area (TPSA) is 60.1 Å². The lowest BCUT2D eigenvalue weighted by molar-refractivity contribution is -0.138. The third-order valence-corrected chi connectivity index (χ3v) is 3.40. The van der Waals surface area contributed by atoms with Crippen molar-refractivity contribution in [1.29, 1.82) is 0 Å². The minimum Gasteiger partial charge on any atom is -0.496 e. The van der Waals surface area contributed by atoms with Crippen LogP contribution in [0.15, 0.2) is 23.2 Å². The Balaban J connectivity index is 2.25. The van der Waals surface area contributed by atoms with E-state index in [0.717, 1.165) is 6.07 Å². The fraction of sp³-hybridized carbons (Fsp3) is 0.500. The first-order valence-corrected chi connectivity index (χ1v) is 6.81. The highest BCUT2D eigenvalue weighted by atomic mass is 19.4. The molecule has 0 saturated heterocycles. The van der Waals surface area contributed by atoms with Crippen molar-refractivity contribution >= 4 is 11.7 Å². The highest BCUT2D eigenvalue weighted by molar-refractivity contribution is 5.73. The normalized spacial score (nSPS) is 17.9. The van der Waals surface area contributed by atoms with Crippen LogP contribution in [0.5, 0.6) is 5.75 Å². The molecule has 0 amide bonds. The van der Waals surface area contributed by atoms with Gasteiger partial charge in [0, 0.05) is 18.8 Å². The Kier molecular flexibility index (Phi) is 4.68. The van der Waals surface area contributed by atoms with Crippen molar-refractivity contribution in [1.82, 2.24) is 0 Å². The number of benzene rings is 1. The van der Waals surface area contributed by atoms with E-state index in [-0.39, 0.29) is 17.8 Å². The van der Waals surface area contributed by atoms with Crippen LogP contribution >= 0.6 is 0 Å². The molecule has 0 bridgehead atoms. The first-order chi connectivity index (χ1) is 10.3. The first kappa shape index (κ1) is 16.3. The molecular formula is C14H18F3N3O2. The van der Waals surface area contributed by atoms with Gasteiger partial charge in [-0.1, -0.05) is 0 Å². The number of halogens is 3. The molecule has 1 aromatic carbocycles. The van der Waals surface area contributed by atoms with Crippen molar-refractivity contribution in [3.8, 4) is 5.75 Å². The summed E-state index contributed by atoms with van der Waals surface area (Å²) in [5, 5.41) is 0. The van der Waals surface area contributed by atoms with E-state index in [0.29, 0.717) is 25.4 Å². The van der Waals surface area contributed by atoms with E-state index in [1.165, 1.54) is 13.2 Å². The molecular weight excluding hydrogens is 299 g/mol. The van der Waals surface area contributed by atoms with Crippen molar-refractivity contribution in [2.45, 2.75) is 19.1 Å². The smallest absolute Gasteiger partial charge is 0.420 e. The molecule has 1 heterocycles. The van der Waals surface area contributed by atoms with Gasteiger partial charge in [-0.3, -0.25) is 0 Å². The number of likely N-dealkylation sites (N-methyl/N-ethyl adjacent to an activating group) is 1. The van der Waals surface area contributed by atoms with Gasteiger partial charge in [-0.2, -0.15) is 13.2 Å². The summed E-state index contributed by atoms with van der Waals surface area (Å²) in [5.74, 6) is -0.196. The van der Waals surface area contributed by atoms with E-state index >= 15 is 0 Å². The summed E-state index contributed by atoms with van der Waals surface area (Å²) in [6.45, 7) is 3.17. The lowest BCUT2D eigenvalue weighted by Gasteiger charge is -2.26. The molecule has 0 radical (unpaired) electrons. The number of aliphatic imine (C=N–C) groups is 1. The van der Waals surface area contributed by atoms with E-state index in [1.54, 1.807) is 11.0 Å². The van der Waals surface area contributed by atoms with Crippen LogP contribution in [0.4, 0.5) is 18.9 Å². The van der Waals surface area contributed by atoms with E-state index in [2.05, 4.69) is 4.99 Å². The minimum absolute atomic E-state index is 0.117. The van der Waals surface area contributed by atoms with Crippen LogP contribution in [0, 0.1) is 0 Å². The molecule has 1 atom stereocenters. The predicted molar refractivity (Wildman–Crippen MR) is 77.2 cm³/mol. The average Bonchev–Trinajstić information content (AvgIpc) is 2.88. The number of nitrogens with zero attached hydrogens (tertiary/aromatic N) is 2. The van der Waals surface area contributed by atoms with Gasteiger partial charge in [-0.15, -0.1) is 0 Å². The fourth-order valence-corrected chi connectivity index (χ4v) is 2.32. The molecule has 1 aliphatic heterocycles. The summed E-state index contributed by atoms with van der Waals surface area (Å²) >= 11 is 0. The van der Waals surface area contributed by atoms with Crippen molar-refractivity contribution < 1.29 is 22.6 Å². The van der Waals surface area contributed by atoms with Crippen LogP contribution < -0.4 is 15.4 Å². The molecule has 0 aromatic heterocycles. The molecule has 122 valence electrons. The summed E-state index contributed by atoms with van der Waals surface area (Å²) in [6, 6.07) is 3.94. The van der Waals surface area contributed by atoms with Crippen molar-refractivity contribution in [2.24, 2.45) is 10.7 Å². The molecule has 5 nitrogen and oxygen atoms in total. The molecule has 0 unspecified atom stereocenters. The Bertz CT molecular complexity index is 561. The zero-order valence-corrected chi connectivity index (χ0v) is 12.4. The third-order valence-electron chi connectivity index (χ3n) is 3.40. The third kappa shape index (κ3) is 3.55. The number of hydrogen-bond acceptors (Lipinski definition) is 5. The largest absolute Gasteiger partial charge is 0.496 e. The number of ether oxygens (including phenoxy) is 2. The summed E-state index contributed by atoms with van der Waals surface area (Å²) in [7, 11) is 1.22. The maximum atomic E-state index is 13.1. The summed E-state index contributed by atoms with van der Waals surface area (Å²) < 4.78 is 49.1. The van der Waals surface area contributed by atoms with Gasteiger partial charge < -0.3 is 20.1 Å². The van der Waals surface area contributed by atoms with Crippen LogP contribution in [0.2, 0.25) is 0 Å². The number of nitrogens with two attached hydrogens (primary N) is 1. The standard InChI is InChI=1S/C14H18F3N3O2/c1-3-20(7-9-8-22-13(18)19-9)10-4-5-12(21-2)11(6-10)14(15,16)17/h4-6,9H,3,7-8H2,1-2H3,(H2,18,19)/t9-/m0/s1. The van der Waals surface area contributed by atoms with E-state index in [4.69, 9.17) is 15.2 Å². The van der Waals surface area contributed by atoms with Crippen LogP contribution in [0.25, 0.3) is 0 Å². The maximum Gasteiger partial charge on any atom is 0.420 e. The Morgan fingerprint density at radius 1 is 1.45 bits per heavy atom. The maximum absolute atomic E-state index is 13.1. The van der Waals surface area contributed by atoms with E-state index in [9.17, 15) is 13.2 Å². The zero-order chi connectivity index (χ0) is 16.3. The molecule has 2 rings (SSSR count). The van der Waals surface area contributed by atoms with Gasteiger partial charge in [-0.25, -0.2) is 4.99 Å². The van der Waals surface area contributed by atoms with Gasteiger partial charge in [-0.05, 0) is 25.1 Å². The summed E-state index contributed by atoms with van der Waals surface area (Å²) in [5.41, 5.74) is 5.10. The molecule has 8 heteroatoms. The predicted octanol–water partition coefficient (Wildman–Crippen LogP) is 2.25. The van der Waals surface area contributed by atoms with Crippen LogP contribution in [-0.4, -0.2) is 38.9 Å². The Labute approximate surface area is 126 Å². The average molecular weight is 317 g/mol. The molecule has 0 saturated carbocycles. The second-order valence-electron chi connectivity index (χ2n) is 4.85. The van der Waals surface area contributed by atoms with E-state index in [1.807, 2.05) is 6.92 Å². The monoisotopic (exact) mass is 317 g/mol. The highest BCUT2D eigenvalue weighted by Crippen LogP contribution is 2.38. The molecule has 2 N–H and O–H groups in total. The van der Waals surface area contributed by atoms with E-state index < -0.39 is 11.7 Å². The Morgan fingerprint density at radius 3 is 2.68 bits per heavy atom. The second-order valence-corrected chi connectivity index (χ2v) is 4.85. The molecule has 0 aliphatic carbocycles. The van der Waals surface area contributed by atoms with Gasteiger partial charge in [0.25, 0.3) is 6.02 Å². The van der Waals surface area contributed by atoms with Crippen LogP contribution in [-0.2, 0) is 10.9 Å². The quantitative estimate of drug-likeness (QED) is 0.905. The number of hydrogen-bond donors (Lipinski definition) is 1. The number of amidine groups is 1. The summed E-state index contributed by atoms with van der Waals surface area (Å²) in [6.07, 6.45) is -4.47. The molecule has 1 aliphatic rings. The number of rotatable bonds is 5. The van der Waals surface area contributed by atoms with Gasteiger partial charge in [0.2, 0.25) is 0 Å². The fourth-order valence-electron chi connectivity index (χ4n) is 2.32. The summed E-state index contributed by atoms with van der Waals surface area (Å²) in [4.78, 5) is 5.89. The lowest BCUT2D eigenvalue weighted by Crippen LogP contribution is -2.32. The molecule has 0 fully saturated rings. The molecule has 22 heavy (non-hydrogen) atoms. The second kappa shape index (κ2) is 6.33. The van der Waals surface area contributed by atoms with Gasteiger partial charge >= 0.3 is 6.18 Å². The zero-order valence-electron chi connectivity index (χ0n) is 12.4. The lowest BCUT2D eigenvalue weighted by atomic mass is 10.1. The van der Waals surface area contributed by atoms with Crippen LogP contribution in [0.1, 0.15) is 12.5 Å². The van der Waals surface area contributed by atoms with Crippen molar-refractivity contribution in [2.75, 3.05) is 31.7 Å². The van der Waals surface area contributed by atoms with Gasteiger partial charge in [0.05, 0.1) is 12.7 Å². The highest BCUT2D eigenvalue weighted by Gasteiger charge is 2.35.